The molecule has 2 rings (SSSR count). The minimum absolute atomic E-state index is 0.278. The molecule has 0 saturated carbocycles. The summed E-state index contributed by atoms with van der Waals surface area (Å²) < 4.78 is 0. The predicted molar refractivity (Wildman–Crippen MR) is 41.5 cm³/mol. The number of hydrogen-bond acceptors (Lipinski definition) is 2. The number of carbonyl (C=O) groups is 2. The van der Waals surface area contributed by atoms with Gasteiger partial charge in [0, 0.05) is 6.42 Å². The first-order valence-electron chi connectivity index (χ1n) is 3.90. The Kier molecular flexibility index (Phi) is 1.73. The van der Waals surface area contributed by atoms with E-state index in [-0.39, 0.29) is 5.91 Å². The number of hydrogen-bond donors (Lipinski definition) is 3. The van der Waals surface area contributed by atoms with Crippen molar-refractivity contribution in [1.82, 2.24) is 15.6 Å². The largest absolute Gasteiger partial charge is 0.325 e. The first kappa shape index (κ1) is 7.78. The van der Waals surface area contributed by atoms with E-state index in [4.69, 9.17) is 0 Å². The van der Waals surface area contributed by atoms with Crippen LogP contribution in [0.5, 0.6) is 0 Å². The molecule has 2 heterocycles. The van der Waals surface area contributed by atoms with E-state index >= 15 is 0 Å². The number of aromatic nitrogens is 2. The Hall–Kier alpha value is -1.85. The highest BCUT2D eigenvalue weighted by Crippen LogP contribution is 2.00. The molecule has 1 aromatic rings. The van der Waals surface area contributed by atoms with E-state index in [0.717, 1.165) is 5.69 Å². The normalized spacial score (nSPS) is 21.4. The van der Waals surface area contributed by atoms with E-state index in [9.17, 15) is 9.59 Å². The molecule has 1 saturated heterocycles. The average molecular weight is 181 g/mol. The Bertz CT molecular complexity index is 332. The van der Waals surface area contributed by atoms with Gasteiger partial charge in [0.1, 0.15) is 17.9 Å². The lowest BCUT2D eigenvalue weighted by molar-refractivity contribution is -0.376. The van der Waals surface area contributed by atoms with Crippen molar-refractivity contribution in [3.8, 4) is 0 Å². The van der Waals surface area contributed by atoms with Crippen molar-refractivity contribution in [2.24, 2.45) is 0 Å². The molecule has 0 bridgehead atoms. The van der Waals surface area contributed by atoms with Crippen LogP contribution in [0.2, 0.25) is 0 Å². The number of imide groups is 1. The number of urea groups is 1. The number of rotatable bonds is 2. The quantitative estimate of drug-likeness (QED) is 0.489. The lowest BCUT2D eigenvalue weighted by atomic mass is 10.2. The zero-order valence-corrected chi connectivity index (χ0v) is 6.76. The van der Waals surface area contributed by atoms with Crippen molar-refractivity contribution in [2.45, 2.75) is 12.5 Å². The highest BCUT2D eigenvalue weighted by molar-refractivity contribution is 6.04. The second-order valence-electron chi connectivity index (χ2n) is 2.84. The molecule has 4 N–H and O–H groups in total. The molecule has 1 aromatic heterocycles. The Morgan fingerprint density at radius 1 is 1.46 bits per heavy atom. The van der Waals surface area contributed by atoms with E-state index in [1.54, 1.807) is 12.5 Å². The molecule has 1 atom stereocenters. The van der Waals surface area contributed by atoms with E-state index < -0.39 is 12.1 Å². The third kappa shape index (κ3) is 1.51. The highest BCUT2D eigenvalue weighted by atomic mass is 16.2. The zero-order chi connectivity index (χ0) is 9.26. The van der Waals surface area contributed by atoms with E-state index in [1.165, 1.54) is 0 Å². The summed E-state index contributed by atoms with van der Waals surface area (Å²) in [6, 6.07) is -0.884. The summed E-state index contributed by atoms with van der Waals surface area (Å²) in [6.45, 7) is 0. The van der Waals surface area contributed by atoms with Gasteiger partial charge in [-0.3, -0.25) is 15.1 Å². The average Bonchev–Trinajstić information content (AvgIpc) is 2.63. The number of imidazole rings is 1. The summed E-state index contributed by atoms with van der Waals surface area (Å²) in [4.78, 5) is 27.6. The van der Waals surface area contributed by atoms with Gasteiger partial charge in [-0.25, -0.2) is 9.78 Å². The number of amides is 3. The van der Waals surface area contributed by atoms with Crippen molar-refractivity contribution < 1.29 is 14.6 Å². The van der Waals surface area contributed by atoms with Crippen LogP contribution in [-0.2, 0) is 11.2 Å². The third-order valence-electron chi connectivity index (χ3n) is 1.88. The van der Waals surface area contributed by atoms with Crippen LogP contribution in [0, 0.1) is 0 Å². The Labute approximate surface area is 73.7 Å². The van der Waals surface area contributed by atoms with Crippen molar-refractivity contribution in [1.29, 1.82) is 0 Å². The maximum atomic E-state index is 11.1. The third-order valence-corrected chi connectivity index (χ3v) is 1.88. The zero-order valence-electron chi connectivity index (χ0n) is 6.76. The first-order valence-corrected chi connectivity index (χ1v) is 3.90. The molecule has 0 spiro atoms. The molecule has 6 nitrogen and oxygen atoms in total. The predicted octanol–water partition coefficient (Wildman–Crippen LogP) is -1.42. The Balaban J connectivity index is 2.03. The fraction of sp³-hybridized carbons (Fsp3) is 0.286. The van der Waals surface area contributed by atoms with Crippen LogP contribution in [0.1, 0.15) is 5.69 Å². The maximum Gasteiger partial charge on any atom is 0.322 e. The summed E-state index contributed by atoms with van der Waals surface area (Å²) in [6.07, 6.45) is 3.88. The highest BCUT2D eigenvalue weighted by Gasteiger charge is 2.30. The summed E-state index contributed by atoms with van der Waals surface area (Å²) in [5.41, 5.74) is 0.877. The van der Waals surface area contributed by atoms with Gasteiger partial charge in [0.2, 0.25) is 6.33 Å². The van der Waals surface area contributed by atoms with E-state index in [2.05, 4.69) is 20.6 Å². The minimum Gasteiger partial charge on any atom is -0.325 e. The Morgan fingerprint density at radius 3 is 2.85 bits per heavy atom. The molecule has 0 aliphatic carbocycles. The van der Waals surface area contributed by atoms with Gasteiger partial charge in [0.15, 0.2) is 0 Å². The number of nitrogens with one attached hydrogen (secondary N) is 4. The van der Waals surface area contributed by atoms with Gasteiger partial charge in [0.05, 0.1) is 0 Å². The number of carbonyl (C=O) groups excluding carboxylic acids is 2. The van der Waals surface area contributed by atoms with Gasteiger partial charge in [-0.15, -0.1) is 0 Å². The summed E-state index contributed by atoms with van der Waals surface area (Å²) >= 11 is 0. The van der Waals surface area contributed by atoms with Crippen LogP contribution in [-0.4, -0.2) is 23.0 Å². The molecule has 1 aliphatic rings. The van der Waals surface area contributed by atoms with Crippen LogP contribution < -0.4 is 15.6 Å². The lowest BCUT2D eigenvalue weighted by Crippen LogP contribution is -2.31. The van der Waals surface area contributed by atoms with Crippen molar-refractivity contribution in [3.05, 3.63) is 18.2 Å². The number of aromatic amines is 2. The van der Waals surface area contributed by atoms with Crippen LogP contribution >= 0.6 is 0 Å². The second kappa shape index (κ2) is 2.89. The Morgan fingerprint density at radius 2 is 2.31 bits per heavy atom. The van der Waals surface area contributed by atoms with Crippen molar-refractivity contribution in [2.75, 3.05) is 0 Å². The van der Waals surface area contributed by atoms with E-state index in [1.807, 2.05) is 0 Å². The van der Waals surface area contributed by atoms with Crippen LogP contribution in [0.4, 0.5) is 4.79 Å². The molecule has 1 unspecified atom stereocenters. The van der Waals surface area contributed by atoms with Crippen molar-refractivity contribution in [3.63, 3.8) is 0 Å². The standard InChI is InChI=1S/C7H8N4O2/c12-6-5(10-7(13)11-6)1-4-2-8-3-9-4/h2-3,5H,1H2,(H,8,9)(H2,10,11,12,13)/p+1. The molecule has 3 amide bonds. The minimum atomic E-state index is -0.459. The molecular formula is C7H9N4O2+. The monoisotopic (exact) mass is 181 g/mol. The fourth-order valence-electron chi connectivity index (χ4n) is 1.26. The van der Waals surface area contributed by atoms with Gasteiger partial charge >= 0.3 is 6.03 Å². The molecule has 1 aliphatic heterocycles. The van der Waals surface area contributed by atoms with Crippen LogP contribution in [0.25, 0.3) is 0 Å². The molecule has 0 radical (unpaired) electrons. The van der Waals surface area contributed by atoms with Gasteiger partial charge in [-0.1, -0.05) is 0 Å². The lowest BCUT2D eigenvalue weighted by Gasteiger charge is -2.01. The molecule has 0 aromatic carbocycles. The van der Waals surface area contributed by atoms with Gasteiger partial charge in [0.25, 0.3) is 5.91 Å². The van der Waals surface area contributed by atoms with Crippen LogP contribution in [0.3, 0.4) is 0 Å². The summed E-state index contributed by atoms with van der Waals surface area (Å²) in [7, 11) is 0. The van der Waals surface area contributed by atoms with Crippen molar-refractivity contribution >= 4 is 11.9 Å². The maximum absolute atomic E-state index is 11.1. The molecular weight excluding hydrogens is 172 g/mol. The SMILES string of the molecule is O=C1NC(=O)C(Cc2c[nH+]c[nH]2)N1. The van der Waals surface area contributed by atoms with Gasteiger partial charge < -0.3 is 5.32 Å². The molecule has 68 valence electrons. The van der Waals surface area contributed by atoms with Crippen LogP contribution in [0.15, 0.2) is 12.5 Å². The fourth-order valence-corrected chi connectivity index (χ4v) is 1.26. The van der Waals surface area contributed by atoms with Gasteiger partial charge in [-0.2, -0.15) is 0 Å². The molecule has 13 heavy (non-hydrogen) atoms. The van der Waals surface area contributed by atoms with E-state index in [0.29, 0.717) is 6.42 Å². The topological polar surface area (TPSA) is 88.1 Å². The summed E-state index contributed by atoms with van der Waals surface area (Å²) in [5, 5.41) is 4.67. The molecule has 1 fully saturated rings. The first-order chi connectivity index (χ1) is 6.25. The number of H-pyrrole nitrogens is 2. The second-order valence-corrected chi connectivity index (χ2v) is 2.84. The summed E-state index contributed by atoms with van der Waals surface area (Å²) in [5.74, 6) is -0.278. The smallest absolute Gasteiger partial charge is 0.322 e. The van der Waals surface area contributed by atoms with Gasteiger partial charge in [-0.05, 0) is 0 Å². The molecule has 6 heteroatoms.